The molecule has 2 fully saturated rings. The summed E-state index contributed by atoms with van der Waals surface area (Å²) >= 11 is 0. The lowest BCUT2D eigenvalue weighted by Crippen LogP contribution is -2.48. The number of benzene rings is 2. The minimum Gasteiger partial charge on any atom is -0.508 e. The Morgan fingerprint density at radius 1 is 1.14 bits per heavy atom. The van der Waals surface area contributed by atoms with Crippen molar-refractivity contribution in [1.29, 1.82) is 0 Å². The predicted octanol–water partition coefficient (Wildman–Crippen LogP) is 5.85. The fourth-order valence-electron chi connectivity index (χ4n) is 5.97. The summed E-state index contributed by atoms with van der Waals surface area (Å²) < 4.78 is 37.0. The second kappa shape index (κ2) is 8.62. The van der Waals surface area contributed by atoms with Crippen molar-refractivity contribution in [3.63, 3.8) is 0 Å². The number of anilines is 1. The third-order valence-corrected chi connectivity index (χ3v) is 7.56. The van der Waals surface area contributed by atoms with Gasteiger partial charge in [-0.25, -0.2) is 18.7 Å². The first-order valence-corrected chi connectivity index (χ1v) is 12.6. The molecule has 0 radical (unpaired) electrons. The van der Waals surface area contributed by atoms with Crippen LogP contribution in [0.3, 0.4) is 0 Å². The Balaban J connectivity index is 1.54. The summed E-state index contributed by atoms with van der Waals surface area (Å²) in [6, 6.07) is 5.96. The van der Waals surface area contributed by atoms with Crippen molar-refractivity contribution in [1.82, 2.24) is 15.0 Å². The van der Waals surface area contributed by atoms with Crippen molar-refractivity contribution in [3.8, 4) is 17.0 Å². The molecule has 2 aromatic heterocycles. The maximum atomic E-state index is 16.2. The van der Waals surface area contributed by atoms with E-state index in [0.29, 0.717) is 51.9 Å². The fraction of sp³-hybridized carbons (Fsp3) is 0.393. The van der Waals surface area contributed by atoms with Crippen LogP contribution >= 0.6 is 0 Å². The molecule has 2 aliphatic heterocycles. The van der Waals surface area contributed by atoms with E-state index in [1.54, 1.807) is 25.3 Å². The molecule has 0 aliphatic carbocycles. The zero-order chi connectivity index (χ0) is 25.0. The average molecular weight is 491 g/mol. The van der Waals surface area contributed by atoms with Crippen molar-refractivity contribution < 1.29 is 18.6 Å². The summed E-state index contributed by atoms with van der Waals surface area (Å²) in [7, 11) is 0. The first kappa shape index (κ1) is 23.0. The van der Waals surface area contributed by atoms with Crippen molar-refractivity contribution in [3.05, 3.63) is 53.5 Å². The summed E-state index contributed by atoms with van der Waals surface area (Å²) in [4.78, 5) is 15.8. The maximum Gasteiger partial charge on any atom is 0.175 e. The van der Waals surface area contributed by atoms with Crippen LogP contribution in [-0.4, -0.2) is 45.4 Å². The number of fused-ring (bicyclic) bond motifs is 2. The molecule has 2 saturated heterocycles. The molecule has 1 spiro atoms. The van der Waals surface area contributed by atoms with Crippen molar-refractivity contribution in [2.75, 3.05) is 24.6 Å². The highest BCUT2D eigenvalue weighted by molar-refractivity contribution is 6.01. The van der Waals surface area contributed by atoms with Gasteiger partial charge in [-0.3, -0.25) is 4.98 Å². The van der Waals surface area contributed by atoms with Gasteiger partial charge in [-0.1, -0.05) is 13.0 Å². The summed E-state index contributed by atoms with van der Waals surface area (Å²) in [6.45, 7) is 5.88. The minimum atomic E-state index is -0.610. The summed E-state index contributed by atoms with van der Waals surface area (Å²) in [6.07, 6.45) is 6.07. The summed E-state index contributed by atoms with van der Waals surface area (Å²) in [5, 5.41) is 12.1. The van der Waals surface area contributed by atoms with Gasteiger partial charge in [0.05, 0.1) is 11.0 Å². The van der Waals surface area contributed by atoms with Crippen LogP contribution in [-0.2, 0) is 11.2 Å². The smallest absolute Gasteiger partial charge is 0.175 e. The highest BCUT2D eigenvalue weighted by Crippen LogP contribution is 2.40. The number of aromatic nitrogens is 3. The van der Waals surface area contributed by atoms with Crippen LogP contribution in [0, 0.1) is 18.6 Å². The molecule has 36 heavy (non-hydrogen) atoms. The van der Waals surface area contributed by atoms with Crippen molar-refractivity contribution >= 4 is 27.5 Å². The molecule has 1 unspecified atom stereocenters. The molecule has 4 heterocycles. The Hall–Kier alpha value is -3.39. The zero-order valence-electron chi connectivity index (χ0n) is 20.4. The number of hydrogen-bond acceptors (Lipinski definition) is 6. The molecular formula is C28H28F2N4O2. The number of aromatic hydroxyl groups is 1. The normalized spacial score (nSPS) is 20.2. The number of hydrogen-bond donors (Lipinski definition) is 1. The number of aryl methyl sites for hydroxylation is 2. The van der Waals surface area contributed by atoms with Gasteiger partial charge in [0.25, 0.3) is 0 Å². The van der Waals surface area contributed by atoms with E-state index in [-0.39, 0.29) is 28.4 Å². The van der Waals surface area contributed by atoms with E-state index in [4.69, 9.17) is 4.74 Å². The molecular weight excluding hydrogens is 462 g/mol. The van der Waals surface area contributed by atoms with Gasteiger partial charge in [0.15, 0.2) is 5.82 Å². The number of ether oxygens (including phenoxy) is 1. The number of phenolic OH excluding ortho intramolecular Hbond substituents is 1. The largest absolute Gasteiger partial charge is 0.508 e. The van der Waals surface area contributed by atoms with Crippen LogP contribution in [0.25, 0.3) is 32.9 Å². The third-order valence-electron chi connectivity index (χ3n) is 7.56. The van der Waals surface area contributed by atoms with Gasteiger partial charge in [0, 0.05) is 31.5 Å². The summed E-state index contributed by atoms with van der Waals surface area (Å²) in [5.41, 5.74) is 0.826. The van der Waals surface area contributed by atoms with Crippen LogP contribution < -0.4 is 4.90 Å². The van der Waals surface area contributed by atoms with Crippen LogP contribution in [0.4, 0.5) is 14.6 Å². The monoisotopic (exact) mass is 490 g/mol. The van der Waals surface area contributed by atoms with E-state index < -0.39 is 5.82 Å². The van der Waals surface area contributed by atoms with E-state index in [0.717, 1.165) is 38.8 Å². The van der Waals surface area contributed by atoms with E-state index in [1.807, 2.05) is 6.92 Å². The van der Waals surface area contributed by atoms with Crippen LogP contribution in [0.2, 0.25) is 0 Å². The number of pyridine rings is 1. The molecule has 1 N–H and O–H groups in total. The van der Waals surface area contributed by atoms with E-state index >= 15 is 4.39 Å². The number of rotatable bonds is 3. The molecule has 0 bridgehead atoms. The van der Waals surface area contributed by atoms with Gasteiger partial charge in [-0.05, 0) is 73.6 Å². The van der Waals surface area contributed by atoms with Gasteiger partial charge in [0.2, 0.25) is 0 Å². The third kappa shape index (κ3) is 3.66. The molecule has 6 nitrogen and oxygen atoms in total. The van der Waals surface area contributed by atoms with Crippen molar-refractivity contribution in [2.24, 2.45) is 0 Å². The Labute approximate surface area is 208 Å². The molecule has 186 valence electrons. The van der Waals surface area contributed by atoms with Gasteiger partial charge in [-0.15, -0.1) is 0 Å². The maximum absolute atomic E-state index is 16.2. The highest BCUT2D eigenvalue weighted by Gasteiger charge is 2.40. The second-order valence-electron chi connectivity index (χ2n) is 9.91. The zero-order valence-corrected chi connectivity index (χ0v) is 20.4. The lowest BCUT2D eigenvalue weighted by atomic mass is 9.90. The summed E-state index contributed by atoms with van der Waals surface area (Å²) in [5.74, 6) is 0.0999. The van der Waals surface area contributed by atoms with E-state index in [1.165, 1.54) is 12.1 Å². The molecule has 0 amide bonds. The number of halogens is 2. The van der Waals surface area contributed by atoms with Crippen LogP contribution in [0.15, 0.2) is 30.5 Å². The topological polar surface area (TPSA) is 71.4 Å². The van der Waals surface area contributed by atoms with Gasteiger partial charge < -0.3 is 14.7 Å². The SMILES string of the molecule is CCc1c(F)ccc2cc(O)cc(-c3ncc4c(N5CCCC6(CCCO6)C5)nc(C)nc4c3F)c12. The molecule has 2 aromatic carbocycles. The van der Waals surface area contributed by atoms with Gasteiger partial charge in [0.1, 0.15) is 34.4 Å². The van der Waals surface area contributed by atoms with Gasteiger partial charge in [-0.2, -0.15) is 0 Å². The standard InChI is InChI=1S/C28H28F2N4O2/c1-3-19-22(29)7-6-17-12-18(35)13-20(23(17)19)25-24(30)26-21(14-31-25)27(33-16(2)32-26)34-10-4-8-28(15-34)9-5-11-36-28/h6-7,12-14,35H,3-5,8-11,15H2,1-2H3. The van der Waals surface area contributed by atoms with Crippen molar-refractivity contribution in [2.45, 2.75) is 51.6 Å². The first-order chi connectivity index (χ1) is 17.4. The lowest BCUT2D eigenvalue weighted by molar-refractivity contribution is -0.00631. The molecule has 4 aromatic rings. The number of nitrogens with zero attached hydrogens (tertiary/aromatic N) is 4. The molecule has 1 atom stereocenters. The number of phenols is 1. The van der Waals surface area contributed by atoms with E-state index in [9.17, 15) is 9.50 Å². The average Bonchev–Trinajstić information content (AvgIpc) is 3.31. The number of piperidine rings is 1. The molecule has 2 aliphatic rings. The lowest BCUT2D eigenvalue weighted by Gasteiger charge is -2.40. The molecule has 6 rings (SSSR count). The predicted molar refractivity (Wildman–Crippen MR) is 135 cm³/mol. The quantitative estimate of drug-likeness (QED) is 0.389. The van der Waals surface area contributed by atoms with Gasteiger partial charge >= 0.3 is 0 Å². The minimum absolute atomic E-state index is 0.0296. The Morgan fingerprint density at radius 3 is 2.75 bits per heavy atom. The Kier molecular flexibility index (Phi) is 5.52. The Morgan fingerprint density at radius 2 is 1.97 bits per heavy atom. The first-order valence-electron chi connectivity index (χ1n) is 12.6. The Bertz CT molecular complexity index is 1500. The molecule has 0 saturated carbocycles. The fourth-order valence-corrected chi connectivity index (χ4v) is 5.97. The van der Waals surface area contributed by atoms with Crippen LogP contribution in [0.5, 0.6) is 5.75 Å². The highest BCUT2D eigenvalue weighted by atomic mass is 19.1. The van der Waals surface area contributed by atoms with Crippen LogP contribution in [0.1, 0.15) is 44.0 Å². The van der Waals surface area contributed by atoms with E-state index in [2.05, 4.69) is 19.9 Å². The molecule has 8 heteroatoms. The second-order valence-corrected chi connectivity index (χ2v) is 9.91.